The van der Waals surface area contributed by atoms with E-state index in [1.54, 1.807) is 0 Å². The van der Waals surface area contributed by atoms with E-state index in [2.05, 4.69) is 43.1 Å². The minimum absolute atomic E-state index is 0.239. The maximum atomic E-state index is 4.43. The number of anilines is 1. The Balaban J connectivity index is 2.54. The minimum atomic E-state index is 0.239. The Kier molecular flexibility index (Phi) is 3.97. The molecule has 0 amide bonds. The van der Waals surface area contributed by atoms with Gasteiger partial charge in [0.15, 0.2) is 0 Å². The summed E-state index contributed by atoms with van der Waals surface area (Å²) in [5, 5.41) is 3.40. The Labute approximate surface area is 98.7 Å². The van der Waals surface area contributed by atoms with Gasteiger partial charge in [-0.05, 0) is 26.4 Å². The Bertz CT molecular complexity index is 339. The van der Waals surface area contributed by atoms with E-state index in [9.17, 15) is 0 Å². The zero-order valence-corrected chi connectivity index (χ0v) is 11.3. The molecule has 0 aliphatic rings. The molecule has 0 fully saturated rings. The van der Waals surface area contributed by atoms with Crippen molar-refractivity contribution in [1.82, 2.24) is 14.5 Å². The van der Waals surface area contributed by atoms with Gasteiger partial charge < -0.3 is 14.8 Å². The highest BCUT2D eigenvalue weighted by Gasteiger charge is 2.19. The molecule has 16 heavy (non-hydrogen) atoms. The molecule has 4 heteroatoms. The van der Waals surface area contributed by atoms with Crippen LogP contribution in [-0.4, -0.2) is 41.6 Å². The number of hydrogen-bond acceptors (Lipinski definition) is 3. The van der Waals surface area contributed by atoms with E-state index in [1.807, 2.05) is 24.7 Å². The summed E-state index contributed by atoms with van der Waals surface area (Å²) in [5.41, 5.74) is 1.29. The summed E-state index contributed by atoms with van der Waals surface area (Å²) in [6.45, 7) is 8.51. The average molecular weight is 224 g/mol. The molecule has 0 radical (unpaired) electrons. The largest absolute Gasteiger partial charge is 0.355 e. The summed E-state index contributed by atoms with van der Waals surface area (Å²) in [6, 6.07) is 0. The fourth-order valence-corrected chi connectivity index (χ4v) is 2.01. The second-order valence-corrected chi connectivity index (χ2v) is 5.57. The van der Waals surface area contributed by atoms with Crippen LogP contribution in [0.2, 0.25) is 0 Å². The third kappa shape index (κ3) is 3.85. The average Bonchev–Trinajstić information content (AvgIpc) is 2.39. The van der Waals surface area contributed by atoms with E-state index in [0.29, 0.717) is 0 Å². The van der Waals surface area contributed by atoms with Crippen LogP contribution in [0.15, 0.2) is 6.20 Å². The van der Waals surface area contributed by atoms with E-state index in [-0.39, 0.29) is 5.41 Å². The highest BCUT2D eigenvalue weighted by atomic mass is 15.2. The van der Waals surface area contributed by atoms with Crippen molar-refractivity contribution in [2.45, 2.75) is 20.8 Å². The molecule has 0 aromatic carbocycles. The van der Waals surface area contributed by atoms with Gasteiger partial charge in [-0.1, -0.05) is 13.8 Å². The first-order chi connectivity index (χ1) is 7.30. The lowest BCUT2D eigenvalue weighted by atomic mass is 9.93. The first kappa shape index (κ1) is 13.0. The lowest BCUT2D eigenvalue weighted by Crippen LogP contribution is -2.34. The van der Waals surface area contributed by atoms with Crippen molar-refractivity contribution in [3.8, 4) is 0 Å². The summed E-state index contributed by atoms with van der Waals surface area (Å²) in [5.74, 6) is 0.948. The first-order valence-electron chi connectivity index (χ1n) is 5.69. The number of rotatable bonds is 5. The van der Waals surface area contributed by atoms with E-state index in [4.69, 9.17) is 0 Å². The molecule has 92 valence electrons. The van der Waals surface area contributed by atoms with Crippen LogP contribution in [0.25, 0.3) is 0 Å². The summed E-state index contributed by atoms with van der Waals surface area (Å²) < 4.78 is 2.03. The van der Waals surface area contributed by atoms with Crippen LogP contribution < -0.4 is 5.32 Å². The molecule has 0 aliphatic carbocycles. The quantitative estimate of drug-likeness (QED) is 0.827. The van der Waals surface area contributed by atoms with Crippen molar-refractivity contribution in [1.29, 1.82) is 0 Å². The normalized spacial score (nSPS) is 12.2. The van der Waals surface area contributed by atoms with Gasteiger partial charge in [-0.25, -0.2) is 4.98 Å². The number of aryl methyl sites for hydroxylation is 2. The molecule has 1 rings (SSSR count). The molecule has 0 atom stereocenters. The summed E-state index contributed by atoms with van der Waals surface area (Å²) >= 11 is 0. The zero-order valence-electron chi connectivity index (χ0n) is 11.3. The predicted molar refractivity (Wildman–Crippen MR) is 68.8 cm³/mol. The summed E-state index contributed by atoms with van der Waals surface area (Å²) in [6.07, 6.45) is 2.03. The smallest absolute Gasteiger partial charge is 0.202 e. The number of nitrogens with one attached hydrogen (secondary N) is 1. The minimum Gasteiger partial charge on any atom is -0.355 e. The highest BCUT2D eigenvalue weighted by molar-refractivity contribution is 5.28. The maximum absolute atomic E-state index is 4.43. The Morgan fingerprint density at radius 2 is 2.06 bits per heavy atom. The number of aromatic nitrogens is 2. The topological polar surface area (TPSA) is 33.1 Å². The van der Waals surface area contributed by atoms with Gasteiger partial charge in [0.2, 0.25) is 5.95 Å². The fraction of sp³-hybridized carbons (Fsp3) is 0.750. The lowest BCUT2D eigenvalue weighted by Gasteiger charge is -2.28. The van der Waals surface area contributed by atoms with Crippen LogP contribution in [0.5, 0.6) is 0 Å². The van der Waals surface area contributed by atoms with Gasteiger partial charge >= 0.3 is 0 Å². The number of imidazole rings is 1. The molecule has 1 aromatic heterocycles. The Morgan fingerprint density at radius 1 is 1.44 bits per heavy atom. The van der Waals surface area contributed by atoms with Gasteiger partial charge in [-0.3, -0.25) is 0 Å². The van der Waals surface area contributed by atoms with Gasteiger partial charge in [0, 0.05) is 26.3 Å². The molecule has 0 bridgehead atoms. The van der Waals surface area contributed by atoms with Crippen LogP contribution >= 0.6 is 0 Å². The van der Waals surface area contributed by atoms with Crippen LogP contribution in [0.3, 0.4) is 0 Å². The van der Waals surface area contributed by atoms with E-state index >= 15 is 0 Å². The molecule has 1 heterocycles. The molecule has 0 unspecified atom stereocenters. The molecule has 0 saturated carbocycles. The third-order valence-corrected chi connectivity index (χ3v) is 2.47. The molecule has 0 spiro atoms. The number of hydrogen-bond donors (Lipinski definition) is 1. The van der Waals surface area contributed by atoms with Gasteiger partial charge in [0.25, 0.3) is 0 Å². The van der Waals surface area contributed by atoms with E-state index < -0.39 is 0 Å². The molecular formula is C12H24N4. The van der Waals surface area contributed by atoms with Crippen molar-refractivity contribution in [3.63, 3.8) is 0 Å². The van der Waals surface area contributed by atoms with Crippen LogP contribution in [0.4, 0.5) is 5.95 Å². The monoisotopic (exact) mass is 224 g/mol. The first-order valence-corrected chi connectivity index (χ1v) is 5.69. The second-order valence-electron chi connectivity index (χ2n) is 5.57. The second kappa shape index (κ2) is 4.87. The molecular weight excluding hydrogens is 200 g/mol. The highest BCUT2D eigenvalue weighted by Crippen LogP contribution is 2.17. The lowest BCUT2D eigenvalue weighted by molar-refractivity contribution is 0.253. The van der Waals surface area contributed by atoms with E-state index in [0.717, 1.165) is 24.7 Å². The Morgan fingerprint density at radius 3 is 2.50 bits per heavy atom. The standard InChI is InChI=1S/C12H24N4/c1-10-7-16(6)11(14-10)13-8-12(2,3)9-15(4)5/h7H,8-9H2,1-6H3,(H,13,14). The predicted octanol–water partition coefficient (Wildman–Crippen LogP) is 1.73. The summed E-state index contributed by atoms with van der Waals surface area (Å²) in [7, 11) is 6.22. The van der Waals surface area contributed by atoms with Crippen molar-refractivity contribution < 1.29 is 0 Å². The van der Waals surface area contributed by atoms with Gasteiger partial charge in [0.05, 0.1) is 5.69 Å². The van der Waals surface area contributed by atoms with Crippen LogP contribution in [0, 0.1) is 12.3 Å². The molecule has 0 saturated heterocycles. The van der Waals surface area contributed by atoms with Gasteiger partial charge in [-0.2, -0.15) is 0 Å². The molecule has 0 aliphatic heterocycles. The van der Waals surface area contributed by atoms with Crippen molar-refractivity contribution in [3.05, 3.63) is 11.9 Å². The molecule has 1 N–H and O–H groups in total. The Hall–Kier alpha value is -1.03. The van der Waals surface area contributed by atoms with Crippen molar-refractivity contribution >= 4 is 5.95 Å². The van der Waals surface area contributed by atoms with Crippen molar-refractivity contribution in [2.75, 3.05) is 32.5 Å². The third-order valence-electron chi connectivity index (χ3n) is 2.47. The van der Waals surface area contributed by atoms with Crippen LogP contribution in [-0.2, 0) is 7.05 Å². The van der Waals surface area contributed by atoms with E-state index in [1.165, 1.54) is 0 Å². The molecule has 4 nitrogen and oxygen atoms in total. The zero-order chi connectivity index (χ0) is 12.3. The summed E-state index contributed by atoms with van der Waals surface area (Å²) in [4.78, 5) is 6.64. The van der Waals surface area contributed by atoms with Crippen LogP contribution in [0.1, 0.15) is 19.5 Å². The fourth-order valence-electron chi connectivity index (χ4n) is 2.01. The number of nitrogens with zero attached hydrogens (tertiary/aromatic N) is 3. The maximum Gasteiger partial charge on any atom is 0.202 e. The SMILES string of the molecule is Cc1cn(C)c(NCC(C)(C)CN(C)C)n1. The van der Waals surface area contributed by atoms with Gasteiger partial charge in [0.1, 0.15) is 0 Å². The molecule has 1 aromatic rings. The van der Waals surface area contributed by atoms with Gasteiger partial charge in [-0.15, -0.1) is 0 Å². The van der Waals surface area contributed by atoms with Crippen molar-refractivity contribution in [2.24, 2.45) is 12.5 Å².